The number of para-hydroxylation sites is 1. The van der Waals surface area contributed by atoms with Gasteiger partial charge in [-0.05, 0) is 61.7 Å². The number of imide groups is 1. The van der Waals surface area contributed by atoms with E-state index in [-0.39, 0.29) is 62.5 Å². The van der Waals surface area contributed by atoms with Crippen LogP contribution < -0.4 is 14.9 Å². The number of fused-ring (bicyclic) bond motifs is 2. The molecule has 2 heterocycles. The van der Waals surface area contributed by atoms with Gasteiger partial charge in [-0.2, -0.15) is 0 Å². The smallest absolute Gasteiger partial charge is 0.343 e. The van der Waals surface area contributed by atoms with Gasteiger partial charge in [0.1, 0.15) is 23.3 Å². The van der Waals surface area contributed by atoms with Crippen molar-refractivity contribution < 1.29 is 28.3 Å². The lowest BCUT2D eigenvalue weighted by molar-refractivity contribution is 0.0608. The number of esters is 1. The van der Waals surface area contributed by atoms with Gasteiger partial charge >= 0.3 is 5.97 Å². The fourth-order valence-electron chi connectivity index (χ4n) is 4.42. The quantitative estimate of drug-likeness (QED) is 0.179. The number of carbonyl (C=O) groups is 3. The monoisotopic (exact) mass is 511 g/mol. The Morgan fingerprint density at radius 2 is 1.58 bits per heavy atom. The molecule has 0 saturated heterocycles. The highest BCUT2D eigenvalue weighted by Gasteiger charge is 2.37. The van der Waals surface area contributed by atoms with E-state index in [0.29, 0.717) is 5.75 Å². The van der Waals surface area contributed by atoms with Crippen LogP contribution in [0, 0.1) is 0 Å². The number of nitrogens with zero attached hydrogens (tertiary/aromatic N) is 1. The Morgan fingerprint density at radius 1 is 0.842 bits per heavy atom. The summed E-state index contributed by atoms with van der Waals surface area (Å²) in [6.07, 6.45) is 1.23. The predicted molar refractivity (Wildman–Crippen MR) is 140 cm³/mol. The maximum Gasteiger partial charge on any atom is 0.343 e. The second-order valence-corrected chi connectivity index (χ2v) is 9.61. The highest BCUT2D eigenvalue weighted by atomic mass is 16.5. The van der Waals surface area contributed by atoms with Gasteiger partial charge in [0.15, 0.2) is 0 Å². The summed E-state index contributed by atoms with van der Waals surface area (Å²) in [6.45, 7) is 7.56. The molecule has 38 heavy (non-hydrogen) atoms. The largest absolute Gasteiger partial charge is 0.460 e. The maximum atomic E-state index is 13.1. The van der Waals surface area contributed by atoms with E-state index in [1.54, 1.807) is 19.9 Å². The summed E-state index contributed by atoms with van der Waals surface area (Å²) in [5, 5.41) is 0.264. The zero-order valence-corrected chi connectivity index (χ0v) is 21.3. The van der Waals surface area contributed by atoms with Gasteiger partial charge in [0.25, 0.3) is 11.8 Å². The van der Waals surface area contributed by atoms with Crippen LogP contribution in [-0.2, 0) is 0 Å². The molecule has 5 rings (SSSR count). The van der Waals surface area contributed by atoms with Crippen LogP contribution in [0.15, 0.2) is 76.1 Å². The number of hydrogen-bond acceptors (Lipinski definition) is 7. The lowest BCUT2D eigenvalue weighted by Crippen LogP contribution is -2.35. The zero-order chi connectivity index (χ0) is 27.1. The van der Waals surface area contributed by atoms with Gasteiger partial charge < -0.3 is 13.9 Å². The third kappa shape index (κ3) is 4.34. The Bertz CT molecular complexity index is 1670. The highest BCUT2D eigenvalue weighted by Crippen LogP contribution is 2.31. The number of ether oxygens (including phenoxy) is 2. The van der Waals surface area contributed by atoms with Gasteiger partial charge in [-0.15, -0.1) is 0 Å². The van der Waals surface area contributed by atoms with E-state index in [9.17, 15) is 19.2 Å². The molecule has 8 nitrogen and oxygen atoms in total. The van der Waals surface area contributed by atoms with Crippen molar-refractivity contribution in [2.24, 2.45) is 0 Å². The predicted octanol–water partition coefficient (Wildman–Crippen LogP) is 5.93. The molecule has 0 N–H and O–H groups in total. The van der Waals surface area contributed by atoms with Crippen molar-refractivity contribution in [2.45, 2.75) is 39.7 Å². The molecule has 0 radical (unpaired) electrons. The van der Waals surface area contributed by atoms with Crippen LogP contribution in [0.4, 0.5) is 0 Å². The summed E-state index contributed by atoms with van der Waals surface area (Å²) in [5.41, 5.74) is 1.34. The van der Waals surface area contributed by atoms with E-state index in [0.717, 1.165) is 10.5 Å². The average molecular weight is 512 g/mol. The first kappa shape index (κ1) is 25.0. The molecule has 4 aromatic rings. The number of amides is 2. The molecule has 3 aromatic carbocycles. The average Bonchev–Trinajstić information content (AvgIpc) is 3.15. The molecule has 1 aliphatic rings. The van der Waals surface area contributed by atoms with Gasteiger partial charge in [-0.1, -0.05) is 32.0 Å². The number of rotatable bonds is 6. The maximum absolute atomic E-state index is 13.1. The molecule has 192 valence electrons. The van der Waals surface area contributed by atoms with Gasteiger partial charge in [-0.25, -0.2) is 4.79 Å². The fraction of sp³-hybridized carbons (Fsp3) is 0.200. The molecule has 8 heteroatoms. The SMILES string of the molecule is CC(C)c1ccccc1Oc1coc2cc(OC(=O)c3ccc4c(c3)C(=O)N(C(C)C)C4=O)ccc2c1=O. The summed E-state index contributed by atoms with van der Waals surface area (Å²) in [7, 11) is 0. The summed E-state index contributed by atoms with van der Waals surface area (Å²) >= 11 is 0. The Kier molecular flexibility index (Phi) is 6.32. The van der Waals surface area contributed by atoms with E-state index in [2.05, 4.69) is 0 Å². The van der Waals surface area contributed by atoms with Gasteiger partial charge in [0.05, 0.1) is 22.1 Å². The van der Waals surface area contributed by atoms with Crippen LogP contribution in [0.5, 0.6) is 17.2 Å². The summed E-state index contributed by atoms with van der Waals surface area (Å²) in [5.74, 6) is -0.584. The minimum absolute atomic E-state index is 0.0446. The molecule has 1 aromatic heterocycles. The molecular weight excluding hydrogens is 486 g/mol. The summed E-state index contributed by atoms with van der Waals surface area (Å²) < 4.78 is 17.0. The number of carbonyl (C=O) groups excluding carboxylic acids is 3. The molecule has 0 aliphatic carbocycles. The molecule has 0 saturated carbocycles. The molecule has 0 atom stereocenters. The van der Waals surface area contributed by atoms with Crippen LogP contribution in [0.2, 0.25) is 0 Å². The Balaban J connectivity index is 1.38. The molecule has 0 unspecified atom stereocenters. The van der Waals surface area contributed by atoms with E-state index >= 15 is 0 Å². The van der Waals surface area contributed by atoms with Gasteiger partial charge in [0.2, 0.25) is 11.2 Å². The van der Waals surface area contributed by atoms with Crippen LogP contribution in [0.1, 0.15) is 70.3 Å². The van der Waals surface area contributed by atoms with Gasteiger partial charge in [-0.3, -0.25) is 19.3 Å². The Hall–Kier alpha value is -4.72. The van der Waals surface area contributed by atoms with E-state index in [4.69, 9.17) is 13.9 Å². The molecule has 0 spiro atoms. The normalized spacial score (nSPS) is 12.9. The Labute approximate surface area is 218 Å². The van der Waals surface area contributed by atoms with Crippen molar-refractivity contribution >= 4 is 28.8 Å². The topological polar surface area (TPSA) is 103 Å². The van der Waals surface area contributed by atoms with Crippen LogP contribution in [0.3, 0.4) is 0 Å². The molecule has 2 amide bonds. The second-order valence-electron chi connectivity index (χ2n) is 9.61. The third-order valence-corrected chi connectivity index (χ3v) is 6.36. The Morgan fingerprint density at radius 3 is 2.32 bits per heavy atom. The van der Waals surface area contributed by atoms with E-state index in [1.165, 1.54) is 42.7 Å². The van der Waals surface area contributed by atoms with E-state index in [1.807, 2.05) is 32.0 Å². The van der Waals surface area contributed by atoms with Crippen molar-refractivity contribution in [3.63, 3.8) is 0 Å². The molecular formula is C30H25NO7. The minimum atomic E-state index is -0.719. The number of benzene rings is 3. The second kappa shape index (κ2) is 9.63. The minimum Gasteiger partial charge on any atom is -0.460 e. The summed E-state index contributed by atoms with van der Waals surface area (Å²) in [6, 6.07) is 15.8. The first-order valence-electron chi connectivity index (χ1n) is 12.2. The summed E-state index contributed by atoms with van der Waals surface area (Å²) in [4.78, 5) is 52.2. The number of hydrogen-bond donors (Lipinski definition) is 0. The van der Waals surface area contributed by atoms with Crippen molar-refractivity contribution in [1.82, 2.24) is 4.90 Å². The standard InChI is InChI=1S/C30H25NO7/c1-16(2)20-7-5-6-8-24(20)38-26-15-36-25-14-19(10-12-22(25)27(26)32)37-30(35)18-9-11-21-23(13-18)29(34)31(17(3)4)28(21)33/h5-17H,1-4H3. The molecule has 1 aliphatic heterocycles. The molecule has 0 bridgehead atoms. The van der Waals surface area contributed by atoms with Crippen molar-refractivity contribution in [1.29, 1.82) is 0 Å². The van der Waals surface area contributed by atoms with Crippen molar-refractivity contribution in [3.05, 3.63) is 99.4 Å². The zero-order valence-electron chi connectivity index (χ0n) is 21.3. The first-order chi connectivity index (χ1) is 18.2. The third-order valence-electron chi connectivity index (χ3n) is 6.36. The van der Waals surface area contributed by atoms with Crippen molar-refractivity contribution in [2.75, 3.05) is 0 Å². The lowest BCUT2D eigenvalue weighted by Gasteiger charge is -2.17. The van der Waals surface area contributed by atoms with Crippen LogP contribution >= 0.6 is 0 Å². The molecule has 0 fully saturated rings. The fourth-order valence-corrected chi connectivity index (χ4v) is 4.42. The van der Waals surface area contributed by atoms with Crippen molar-refractivity contribution in [3.8, 4) is 17.2 Å². The van der Waals surface area contributed by atoms with Gasteiger partial charge in [0, 0.05) is 12.1 Å². The van der Waals surface area contributed by atoms with Crippen LogP contribution in [0.25, 0.3) is 11.0 Å². The van der Waals surface area contributed by atoms with Crippen LogP contribution in [-0.4, -0.2) is 28.7 Å². The van der Waals surface area contributed by atoms with E-state index < -0.39 is 11.9 Å². The highest BCUT2D eigenvalue weighted by molar-refractivity contribution is 6.22. The lowest BCUT2D eigenvalue weighted by atomic mass is 10.0. The first-order valence-corrected chi connectivity index (χ1v) is 12.2.